The Morgan fingerprint density at radius 2 is 1.96 bits per heavy atom. The van der Waals surface area contributed by atoms with Crippen molar-refractivity contribution in [2.45, 2.75) is 91.1 Å². The Kier molecular flexibility index (Phi) is 5.06. The summed E-state index contributed by atoms with van der Waals surface area (Å²) in [5.41, 5.74) is 2.64. The molecule has 0 heterocycles. The third-order valence-electron chi connectivity index (χ3n) is 9.57. The van der Waals surface area contributed by atoms with Gasteiger partial charge in [0.05, 0.1) is 6.10 Å². The minimum Gasteiger partial charge on any atom is -0.396 e. The molecule has 0 aromatic heterocycles. The lowest BCUT2D eigenvalue weighted by Crippen LogP contribution is -2.48. The Hall–Kier alpha value is -0.340. The first-order valence-corrected chi connectivity index (χ1v) is 11.4. The molecule has 2 nitrogen and oxygen atoms in total. The van der Waals surface area contributed by atoms with Gasteiger partial charge in [0, 0.05) is 6.61 Å². The van der Waals surface area contributed by atoms with Gasteiger partial charge in [-0.2, -0.15) is 0 Å². The maximum Gasteiger partial charge on any atom is 0.0543 e. The number of hydrogen-bond donors (Lipinski definition) is 2. The number of hydrogen-bond acceptors (Lipinski definition) is 2. The number of aliphatic hydroxyl groups is 2. The molecule has 3 fully saturated rings. The van der Waals surface area contributed by atoms with Gasteiger partial charge in [-0.15, -0.1) is 0 Å². The summed E-state index contributed by atoms with van der Waals surface area (Å²) >= 11 is 0. The SMILES string of the molecule is C[C@H](CCCO)[C@H]1CC[C@H]2[C@@H]3CC[C@@H]4C[C@H](O)CC[C@]4(C)C3=CC[C@]12C. The van der Waals surface area contributed by atoms with E-state index in [1.54, 1.807) is 5.57 Å². The predicted octanol–water partition coefficient (Wildman–Crippen LogP) is 5.33. The van der Waals surface area contributed by atoms with Crippen LogP contribution in [0.3, 0.4) is 0 Å². The summed E-state index contributed by atoms with van der Waals surface area (Å²) < 4.78 is 0. The van der Waals surface area contributed by atoms with E-state index in [4.69, 9.17) is 0 Å². The second-order valence-electron chi connectivity index (χ2n) is 10.7. The molecule has 0 aromatic carbocycles. The second kappa shape index (κ2) is 6.92. The Bertz CT molecular complexity index is 554. The van der Waals surface area contributed by atoms with E-state index in [2.05, 4.69) is 26.8 Å². The molecule has 148 valence electrons. The number of fused-ring (bicyclic) bond motifs is 5. The second-order valence-corrected chi connectivity index (χ2v) is 10.7. The zero-order valence-corrected chi connectivity index (χ0v) is 17.2. The fraction of sp³-hybridized carbons (Fsp3) is 0.917. The van der Waals surface area contributed by atoms with Crippen molar-refractivity contribution in [3.8, 4) is 0 Å². The highest BCUT2D eigenvalue weighted by atomic mass is 16.3. The number of rotatable bonds is 4. The lowest BCUT2D eigenvalue weighted by molar-refractivity contribution is -0.0159. The van der Waals surface area contributed by atoms with E-state index in [9.17, 15) is 10.2 Å². The Morgan fingerprint density at radius 3 is 2.73 bits per heavy atom. The lowest BCUT2D eigenvalue weighted by Gasteiger charge is -2.57. The van der Waals surface area contributed by atoms with Crippen LogP contribution in [0.5, 0.6) is 0 Å². The van der Waals surface area contributed by atoms with Crippen LogP contribution in [0, 0.1) is 40.4 Å². The molecule has 0 saturated heterocycles. The highest BCUT2D eigenvalue weighted by molar-refractivity contribution is 5.29. The molecule has 0 unspecified atom stereocenters. The number of allylic oxidation sites excluding steroid dienone is 2. The summed E-state index contributed by atoms with van der Waals surface area (Å²) in [4.78, 5) is 0. The molecule has 4 rings (SSSR count). The van der Waals surface area contributed by atoms with Gasteiger partial charge in [-0.1, -0.05) is 32.4 Å². The summed E-state index contributed by atoms with van der Waals surface area (Å²) in [6.45, 7) is 7.90. The molecule has 3 saturated carbocycles. The lowest BCUT2D eigenvalue weighted by atomic mass is 9.48. The van der Waals surface area contributed by atoms with Crippen LogP contribution in [0.1, 0.15) is 85.0 Å². The minimum absolute atomic E-state index is 0.0534. The maximum absolute atomic E-state index is 10.2. The first kappa shape index (κ1) is 19.0. The van der Waals surface area contributed by atoms with Gasteiger partial charge in [0.2, 0.25) is 0 Å². The quantitative estimate of drug-likeness (QED) is 0.665. The normalized spacial score (nSPS) is 49.0. The first-order valence-electron chi connectivity index (χ1n) is 11.4. The van der Waals surface area contributed by atoms with Crippen molar-refractivity contribution in [3.05, 3.63) is 11.6 Å². The molecule has 0 amide bonds. The Balaban J connectivity index is 1.58. The molecular weight excluding hydrogens is 320 g/mol. The summed E-state index contributed by atoms with van der Waals surface area (Å²) in [6.07, 6.45) is 14.8. The third kappa shape index (κ3) is 2.82. The van der Waals surface area contributed by atoms with Crippen LogP contribution in [0.25, 0.3) is 0 Å². The van der Waals surface area contributed by atoms with E-state index < -0.39 is 0 Å². The Labute approximate surface area is 160 Å². The molecule has 0 aliphatic heterocycles. The highest BCUT2D eigenvalue weighted by Gasteiger charge is 2.57. The van der Waals surface area contributed by atoms with Crippen molar-refractivity contribution in [1.82, 2.24) is 0 Å². The largest absolute Gasteiger partial charge is 0.396 e. The van der Waals surface area contributed by atoms with E-state index in [1.807, 2.05) is 0 Å². The van der Waals surface area contributed by atoms with Crippen LogP contribution < -0.4 is 0 Å². The summed E-state index contributed by atoms with van der Waals surface area (Å²) in [7, 11) is 0. The van der Waals surface area contributed by atoms with Crippen molar-refractivity contribution >= 4 is 0 Å². The van der Waals surface area contributed by atoms with Crippen molar-refractivity contribution in [3.63, 3.8) is 0 Å². The van der Waals surface area contributed by atoms with Gasteiger partial charge in [0.25, 0.3) is 0 Å². The van der Waals surface area contributed by atoms with Crippen LogP contribution in [0.4, 0.5) is 0 Å². The van der Waals surface area contributed by atoms with Gasteiger partial charge in [-0.3, -0.25) is 0 Å². The molecule has 4 aliphatic carbocycles. The van der Waals surface area contributed by atoms with E-state index in [1.165, 1.54) is 44.9 Å². The number of aliphatic hydroxyl groups excluding tert-OH is 2. The van der Waals surface area contributed by atoms with Gasteiger partial charge in [0.15, 0.2) is 0 Å². The Morgan fingerprint density at radius 1 is 1.15 bits per heavy atom. The summed E-state index contributed by atoms with van der Waals surface area (Å²) in [5.74, 6) is 3.95. The zero-order chi connectivity index (χ0) is 18.5. The van der Waals surface area contributed by atoms with Crippen molar-refractivity contribution in [2.24, 2.45) is 40.4 Å². The zero-order valence-electron chi connectivity index (χ0n) is 17.2. The summed E-state index contributed by atoms with van der Waals surface area (Å²) in [5, 5.41) is 19.4. The van der Waals surface area contributed by atoms with Crippen LogP contribution in [-0.4, -0.2) is 22.9 Å². The van der Waals surface area contributed by atoms with Gasteiger partial charge in [-0.05, 0) is 105 Å². The standard InChI is InChI=1S/C24H40O2/c1-16(5-4-14-25)20-8-9-21-19-7-6-17-15-18(26)10-12-23(17,2)22(19)11-13-24(20,21)3/h11,16-21,25-26H,4-10,12-15H2,1-3H3/t16-,17-,18-,19+,20-,21+,23+,24-/m1/s1. The van der Waals surface area contributed by atoms with Crippen molar-refractivity contribution in [2.75, 3.05) is 6.61 Å². The fourth-order valence-corrected chi connectivity index (χ4v) is 8.09. The van der Waals surface area contributed by atoms with Gasteiger partial charge < -0.3 is 10.2 Å². The van der Waals surface area contributed by atoms with E-state index >= 15 is 0 Å². The predicted molar refractivity (Wildman–Crippen MR) is 107 cm³/mol. The molecular formula is C24H40O2. The maximum atomic E-state index is 10.2. The molecule has 0 spiro atoms. The molecule has 2 N–H and O–H groups in total. The smallest absolute Gasteiger partial charge is 0.0543 e. The molecule has 0 radical (unpaired) electrons. The van der Waals surface area contributed by atoms with Crippen molar-refractivity contribution in [1.29, 1.82) is 0 Å². The first-order chi connectivity index (χ1) is 12.4. The average Bonchev–Trinajstić information content (AvgIpc) is 2.97. The van der Waals surface area contributed by atoms with E-state index in [0.717, 1.165) is 42.9 Å². The van der Waals surface area contributed by atoms with Gasteiger partial charge >= 0.3 is 0 Å². The van der Waals surface area contributed by atoms with Gasteiger partial charge in [0.1, 0.15) is 0 Å². The van der Waals surface area contributed by atoms with E-state index in [-0.39, 0.29) is 6.10 Å². The molecule has 0 aromatic rings. The van der Waals surface area contributed by atoms with Crippen LogP contribution in [-0.2, 0) is 0 Å². The fourth-order valence-electron chi connectivity index (χ4n) is 8.09. The average molecular weight is 361 g/mol. The molecule has 4 aliphatic rings. The minimum atomic E-state index is -0.0534. The summed E-state index contributed by atoms with van der Waals surface area (Å²) in [6, 6.07) is 0. The monoisotopic (exact) mass is 360 g/mol. The highest BCUT2D eigenvalue weighted by Crippen LogP contribution is 2.66. The van der Waals surface area contributed by atoms with Crippen LogP contribution in [0.2, 0.25) is 0 Å². The van der Waals surface area contributed by atoms with Gasteiger partial charge in [-0.25, -0.2) is 0 Å². The molecule has 26 heavy (non-hydrogen) atoms. The van der Waals surface area contributed by atoms with Crippen molar-refractivity contribution < 1.29 is 10.2 Å². The van der Waals surface area contributed by atoms with Crippen LogP contribution in [0.15, 0.2) is 11.6 Å². The molecule has 2 heteroatoms. The van der Waals surface area contributed by atoms with Crippen LogP contribution >= 0.6 is 0 Å². The topological polar surface area (TPSA) is 40.5 Å². The molecule has 0 bridgehead atoms. The third-order valence-corrected chi connectivity index (χ3v) is 9.57. The molecule has 8 atom stereocenters. The van der Waals surface area contributed by atoms with E-state index in [0.29, 0.717) is 23.4 Å².